The van der Waals surface area contributed by atoms with Crippen LogP contribution in [-0.2, 0) is 0 Å². The third-order valence-electron chi connectivity index (χ3n) is 2.54. The first-order chi connectivity index (χ1) is 8.27. The molecule has 0 saturated carbocycles. The van der Waals surface area contributed by atoms with Gasteiger partial charge in [-0.1, -0.05) is 38.0 Å². The summed E-state index contributed by atoms with van der Waals surface area (Å²) in [6, 6.07) is 4.80. The smallest absolute Gasteiger partial charge is 0.166 e. The predicted octanol–water partition coefficient (Wildman–Crippen LogP) is 4.16. The number of halogens is 1. The van der Waals surface area contributed by atoms with Crippen molar-refractivity contribution >= 4 is 0 Å². The van der Waals surface area contributed by atoms with E-state index in [1.165, 1.54) is 32.4 Å². The molecule has 0 atom stereocenters. The zero-order valence-corrected chi connectivity index (χ0v) is 10.6. The summed E-state index contributed by atoms with van der Waals surface area (Å²) in [5.74, 6) is 5.94. The van der Waals surface area contributed by atoms with E-state index < -0.39 is 0 Å². The molecule has 0 aliphatic heterocycles. The van der Waals surface area contributed by atoms with Crippen LogP contribution in [0.3, 0.4) is 0 Å². The van der Waals surface area contributed by atoms with Gasteiger partial charge in [-0.25, -0.2) is 4.39 Å². The van der Waals surface area contributed by atoms with E-state index in [1.807, 2.05) is 0 Å². The summed E-state index contributed by atoms with van der Waals surface area (Å²) >= 11 is 0. The van der Waals surface area contributed by atoms with Crippen LogP contribution in [0, 0.1) is 17.7 Å². The molecule has 0 unspecified atom stereocenters. The van der Waals surface area contributed by atoms with Gasteiger partial charge in [-0.2, -0.15) is 0 Å². The Hall–Kier alpha value is -1.49. The van der Waals surface area contributed by atoms with Crippen LogP contribution >= 0.6 is 0 Å². The summed E-state index contributed by atoms with van der Waals surface area (Å²) in [4.78, 5) is 0. The van der Waals surface area contributed by atoms with Crippen molar-refractivity contribution in [1.29, 1.82) is 0 Å². The fourth-order valence-electron chi connectivity index (χ4n) is 1.55. The van der Waals surface area contributed by atoms with Crippen molar-refractivity contribution in [3.05, 3.63) is 29.6 Å². The molecule has 2 heteroatoms. The van der Waals surface area contributed by atoms with Crippen LogP contribution in [-0.4, -0.2) is 7.11 Å². The van der Waals surface area contributed by atoms with Gasteiger partial charge in [-0.05, 0) is 24.6 Å². The second kappa shape index (κ2) is 7.73. The van der Waals surface area contributed by atoms with Crippen molar-refractivity contribution in [2.24, 2.45) is 0 Å². The maximum absolute atomic E-state index is 13.3. The molecule has 0 bridgehead atoms. The summed E-state index contributed by atoms with van der Waals surface area (Å²) in [7, 11) is 1.46. The quantitative estimate of drug-likeness (QED) is 0.549. The predicted molar refractivity (Wildman–Crippen MR) is 68.6 cm³/mol. The summed E-state index contributed by atoms with van der Waals surface area (Å²) in [5, 5.41) is 0. The molecule has 0 aliphatic rings. The van der Waals surface area contributed by atoms with Crippen molar-refractivity contribution in [1.82, 2.24) is 0 Å². The second-order valence-corrected chi connectivity index (χ2v) is 3.96. The zero-order chi connectivity index (χ0) is 12.5. The maximum Gasteiger partial charge on any atom is 0.166 e. The molecule has 0 fully saturated rings. The minimum Gasteiger partial charge on any atom is -0.494 e. The molecule has 17 heavy (non-hydrogen) atoms. The lowest BCUT2D eigenvalue weighted by Crippen LogP contribution is -1.88. The van der Waals surface area contributed by atoms with Gasteiger partial charge < -0.3 is 4.74 Å². The van der Waals surface area contributed by atoms with E-state index in [9.17, 15) is 4.39 Å². The molecule has 0 saturated heterocycles. The van der Waals surface area contributed by atoms with E-state index >= 15 is 0 Å². The Morgan fingerprint density at radius 3 is 2.71 bits per heavy atom. The number of rotatable bonds is 5. The third kappa shape index (κ3) is 4.91. The monoisotopic (exact) mass is 234 g/mol. The van der Waals surface area contributed by atoms with Crippen LogP contribution < -0.4 is 4.74 Å². The highest BCUT2D eigenvalue weighted by molar-refractivity contribution is 5.39. The molecule has 0 amide bonds. The Balaban J connectivity index is 2.46. The van der Waals surface area contributed by atoms with Crippen LogP contribution in [0.15, 0.2) is 18.2 Å². The largest absolute Gasteiger partial charge is 0.494 e. The molecule has 0 heterocycles. The molecule has 0 radical (unpaired) electrons. The maximum atomic E-state index is 13.3. The number of ether oxygens (including phenoxy) is 1. The van der Waals surface area contributed by atoms with Crippen LogP contribution in [0.2, 0.25) is 0 Å². The van der Waals surface area contributed by atoms with Gasteiger partial charge in [-0.15, -0.1) is 0 Å². The lowest BCUT2D eigenvalue weighted by atomic mass is 10.1. The number of benzene rings is 1. The van der Waals surface area contributed by atoms with Gasteiger partial charge in [0.05, 0.1) is 7.11 Å². The van der Waals surface area contributed by atoms with E-state index in [2.05, 4.69) is 18.8 Å². The topological polar surface area (TPSA) is 9.23 Å². The van der Waals surface area contributed by atoms with Gasteiger partial charge in [-0.3, -0.25) is 0 Å². The number of hydrogen-bond acceptors (Lipinski definition) is 1. The Bertz CT molecular complexity index is 401. The van der Waals surface area contributed by atoms with Crippen LogP contribution in [0.4, 0.5) is 4.39 Å². The number of methoxy groups -OCH3 is 1. The molecular weight excluding hydrogens is 215 g/mol. The van der Waals surface area contributed by atoms with Crippen LogP contribution in [0.25, 0.3) is 0 Å². The Labute approximate surface area is 103 Å². The molecule has 0 spiro atoms. The average molecular weight is 234 g/mol. The van der Waals surface area contributed by atoms with Crippen molar-refractivity contribution < 1.29 is 9.13 Å². The summed E-state index contributed by atoms with van der Waals surface area (Å²) in [6.45, 7) is 2.19. The van der Waals surface area contributed by atoms with Gasteiger partial charge in [0.2, 0.25) is 0 Å². The van der Waals surface area contributed by atoms with Crippen molar-refractivity contribution in [3.63, 3.8) is 0 Å². The number of unbranched alkanes of at least 4 members (excludes halogenated alkanes) is 4. The molecular formula is C15H19FO. The highest BCUT2D eigenvalue weighted by atomic mass is 19.1. The minimum absolute atomic E-state index is 0.262. The normalized spacial score (nSPS) is 9.59. The molecule has 1 aromatic rings. The van der Waals surface area contributed by atoms with Crippen molar-refractivity contribution in [2.45, 2.75) is 39.0 Å². The fourth-order valence-corrected chi connectivity index (χ4v) is 1.55. The SMILES string of the molecule is CCCCCCC#Cc1ccc(OC)c(F)c1. The molecule has 0 aliphatic carbocycles. The summed E-state index contributed by atoms with van der Waals surface area (Å²) in [5.41, 5.74) is 0.707. The first-order valence-corrected chi connectivity index (χ1v) is 6.10. The van der Waals surface area contributed by atoms with Gasteiger partial charge in [0.15, 0.2) is 11.6 Å². The summed E-state index contributed by atoms with van der Waals surface area (Å²) < 4.78 is 18.2. The zero-order valence-electron chi connectivity index (χ0n) is 10.6. The van der Waals surface area contributed by atoms with Crippen LogP contribution in [0.1, 0.15) is 44.6 Å². The van der Waals surface area contributed by atoms with Crippen molar-refractivity contribution in [3.8, 4) is 17.6 Å². The Morgan fingerprint density at radius 2 is 2.06 bits per heavy atom. The molecule has 0 aromatic heterocycles. The molecule has 1 aromatic carbocycles. The third-order valence-corrected chi connectivity index (χ3v) is 2.54. The lowest BCUT2D eigenvalue weighted by molar-refractivity contribution is 0.386. The molecule has 92 valence electrons. The van der Waals surface area contributed by atoms with E-state index in [0.29, 0.717) is 5.56 Å². The first-order valence-electron chi connectivity index (χ1n) is 6.10. The minimum atomic E-state index is -0.356. The van der Waals surface area contributed by atoms with E-state index in [1.54, 1.807) is 12.1 Å². The van der Waals surface area contributed by atoms with E-state index in [4.69, 9.17) is 4.74 Å². The summed E-state index contributed by atoms with van der Waals surface area (Å²) in [6.07, 6.45) is 5.73. The van der Waals surface area contributed by atoms with E-state index in [-0.39, 0.29) is 11.6 Å². The van der Waals surface area contributed by atoms with E-state index in [0.717, 1.165) is 12.8 Å². The Morgan fingerprint density at radius 1 is 1.24 bits per heavy atom. The number of hydrogen-bond donors (Lipinski definition) is 0. The highest BCUT2D eigenvalue weighted by Crippen LogP contribution is 2.16. The average Bonchev–Trinajstić information content (AvgIpc) is 2.34. The highest BCUT2D eigenvalue weighted by Gasteiger charge is 2.00. The lowest BCUT2D eigenvalue weighted by Gasteiger charge is -2.00. The first kappa shape index (κ1) is 13.6. The van der Waals surface area contributed by atoms with Crippen LogP contribution in [0.5, 0.6) is 5.75 Å². The van der Waals surface area contributed by atoms with Gasteiger partial charge in [0.1, 0.15) is 0 Å². The molecule has 1 rings (SSSR count). The second-order valence-electron chi connectivity index (χ2n) is 3.96. The molecule has 1 nitrogen and oxygen atoms in total. The molecule has 0 N–H and O–H groups in total. The fraction of sp³-hybridized carbons (Fsp3) is 0.467. The standard InChI is InChI=1S/C15H19FO/c1-3-4-5-6-7-8-9-13-10-11-15(17-2)14(16)12-13/h10-12H,3-7H2,1-2H3. The van der Waals surface area contributed by atoms with Crippen molar-refractivity contribution in [2.75, 3.05) is 7.11 Å². The van der Waals surface area contributed by atoms with Gasteiger partial charge >= 0.3 is 0 Å². The Kier molecular flexibility index (Phi) is 6.17. The van der Waals surface area contributed by atoms with Gasteiger partial charge in [0, 0.05) is 12.0 Å². The van der Waals surface area contributed by atoms with Gasteiger partial charge in [0.25, 0.3) is 0 Å².